The average molecular weight is 364 g/mol. The Morgan fingerprint density at radius 2 is 2.07 bits per heavy atom. The summed E-state index contributed by atoms with van der Waals surface area (Å²) in [6, 6.07) is 3.91. The molecule has 0 saturated heterocycles. The third-order valence-corrected chi connectivity index (χ3v) is 4.68. The number of rotatable bonds is 6. The van der Waals surface area contributed by atoms with E-state index < -0.39 is 0 Å². The topological polar surface area (TPSA) is 84.7 Å². The molecule has 0 aromatic carbocycles. The highest BCUT2D eigenvalue weighted by atomic mass is 16.2. The van der Waals surface area contributed by atoms with Crippen molar-refractivity contribution in [2.45, 2.75) is 33.2 Å². The van der Waals surface area contributed by atoms with Gasteiger partial charge in [0.25, 0.3) is 0 Å². The minimum absolute atomic E-state index is 0.0486. The highest BCUT2D eigenvalue weighted by Gasteiger charge is 2.29. The first-order valence-electron chi connectivity index (χ1n) is 9.36. The summed E-state index contributed by atoms with van der Waals surface area (Å²) in [7, 11) is 1.83. The molecule has 1 amide bonds. The Labute approximate surface area is 158 Å². The van der Waals surface area contributed by atoms with Gasteiger partial charge in [-0.2, -0.15) is 5.10 Å². The number of amides is 1. The molecule has 1 aliphatic rings. The van der Waals surface area contributed by atoms with Crippen LogP contribution in [-0.4, -0.2) is 32.7 Å². The van der Waals surface area contributed by atoms with Crippen molar-refractivity contribution in [3.05, 3.63) is 30.7 Å². The summed E-state index contributed by atoms with van der Waals surface area (Å²) >= 11 is 0. The molecule has 7 heteroatoms. The zero-order chi connectivity index (χ0) is 19.0. The number of nitrogens with zero attached hydrogens (tertiary/aromatic N) is 4. The van der Waals surface area contributed by atoms with E-state index in [-0.39, 0.29) is 11.8 Å². The standard InChI is InChI=1S/C20H24N6O/c1-12(2)11-26-7-6-17(25-26)15-9-23-19(21-3)16-10-22-18(8-14(15)16)24-20(27)13-4-5-13/h6-10,12-13H,4-5,11H2,1-3H3,(H,21,23)(H,22,24,27). The summed E-state index contributed by atoms with van der Waals surface area (Å²) in [5.41, 5.74) is 1.79. The monoisotopic (exact) mass is 364 g/mol. The molecule has 3 aromatic heterocycles. The number of hydrogen-bond donors (Lipinski definition) is 2. The molecule has 7 nitrogen and oxygen atoms in total. The molecular weight excluding hydrogens is 340 g/mol. The predicted octanol–water partition coefficient (Wildman–Crippen LogP) is 3.54. The molecule has 4 rings (SSSR count). The van der Waals surface area contributed by atoms with Crippen molar-refractivity contribution in [2.24, 2.45) is 11.8 Å². The lowest BCUT2D eigenvalue weighted by Crippen LogP contribution is -2.14. The first-order valence-corrected chi connectivity index (χ1v) is 9.36. The van der Waals surface area contributed by atoms with Crippen LogP contribution in [0.15, 0.2) is 30.7 Å². The van der Waals surface area contributed by atoms with E-state index in [9.17, 15) is 4.79 Å². The molecule has 1 fully saturated rings. The third-order valence-electron chi connectivity index (χ3n) is 4.68. The van der Waals surface area contributed by atoms with E-state index in [0.29, 0.717) is 11.7 Å². The highest BCUT2D eigenvalue weighted by Crippen LogP contribution is 2.33. The maximum atomic E-state index is 12.1. The van der Waals surface area contributed by atoms with Crippen LogP contribution in [0.2, 0.25) is 0 Å². The molecule has 0 spiro atoms. The quantitative estimate of drug-likeness (QED) is 0.699. The molecular formula is C20H24N6O. The molecule has 3 aromatic rings. The molecule has 27 heavy (non-hydrogen) atoms. The minimum Gasteiger partial charge on any atom is -0.373 e. The summed E-state index contributed by atoms with van der Waals surface area (Å²) < 4.78 is 1.95. The second-order valence-electron chi connectivity index (χ2n) is 7.47. The molecule has 3 heterocycles. The van der Waals surface area contributed by atoms with E-state index in [1.807, 2.05) is 36.3 Å². The number of hydrogen-bond acceptors (Lipinski definition) is 5. The Bertz CT molecular complexity index is 989. The lowest BCUT2D eigenvalue weighted by Gasteiger charge is -2.11. The van der Waals surface area contributed by atoms with Crippen LogP contribution in [0.1, 0.15) is 26.7 Å². The van der Waals surface area contributed by atoms with Crippen LogP contribution in [-0.2, 0) is 11.3 Å². The molecule has 0 aliphatic heterocycles. The number of nitrogens with one attached hydrogen (secondary N) is 2. The van der Waals surface area contributed by atoms with Gasteiger partial charge in [-0.1, -0.05) is 13.8 Å². The van der Waals surface area contributed by atoms with Crippen molar-refractivity contribution < 1.29 is 4.79 Å². The van der Waals surface area contributed by atoms with Crippen molar-refractivity contribution in [1.29, 1.82) is 0 Å². The third kappa shape index (κ3) is 3.63. The normalized spacial score (nSPS) is 13.9. The van der Waals surface area contributed by atoms with E-state index in [2.05, 4.69) is 34.4 Å². The van der Waals surface area contributed by atoms with Crippen molar-refractivity contribution in [3.63, 3.8) is 0 Å². The Morgan fingerprint density at radius 3 is 2.78 bits per heavy atom. The van der Waals surface area contributed by atoms with Crippen molar-refractivity contribution in [2.75, 3.05) is 17.7 Å². The largest absolute Gasteiger partial charge is 0.373 e. The number of carbonyl (C=O) groups is 1. The predicted molar refractivity (Wildman–Crippen MR) is 106 cm³/mol. The Hall–Kier alpha value is -2.96. The SMILES string of the molecule is CNc1ncc(-c2ccn(CC(C)C)n2)c2cc(NC(=O)C3CC3)ncc12. The number of carbonyl (C=O) groups excluding carboxylic acids is 1. The van der Waals surface area contributed by atoms with Gasteiger partial charge in [-0.15, -0.1) is 0 Å². The van der Waals surface area contributed by atoms with Crippen LogP contribution in [0.5, 0.6) is 0 Å². The molecule has 1 saturated carbocycles. The second-order valence-corrected chi connectivity index (χ2v) is 7.47. The number of fused-ring (bicyclic) bond motifs is 1. The lowest BCUT2D eigenvalue weighted by molar-refractivity contribution is -0.117. The van der Waals surface area contributed by atoms with Gasteiger partial charge < -0.3 is 10.6 Å². The molecule has 1 aliphatic carbocycles. The second kappa shape index (κ2) is 6.98. The van der Waals surface area contributed by atoms with Gasteiger partial charge in [0.15, 0.2) is 0 Å². The van der Waals surface area contributed by atoms with Crippen LogP contribution < -0.4 is 10.6 Å². The smallest absolute Gasteiger partial charge is 0.228 e. The summed E-state index contributed by atoms with van der Waals surface area (Å²) in [6.45, 7) is 5.20. The maximum absolute atomic E-state index is 12.1. The molecule has 0 bridgehead atoms. The van der Waals surface area contributed by atoms with Crippen molar-refractivity contribution in [3.8, 4) is 11.3 Å². The minimum atomic E-state index is 0.0486. The molecule has 0 unspecified atom stereocenters. The molecule has 2 N–H and O–H groups in total. The number of aromatic nitrogens is 4. The fourth-order valence-electron chi connectivity index (χ4n) is 3.16. The van der Waals surface area contributed by atoms with Crippen molar-refractivity contribution >= 4 is 28.3 Å². The van der Waals surface area contributed by atoms with Gasteiger partial charge in [0.05, 0.1) is 5.69 Å². The Balaban J connectivity index is 1.76. The van der Waals surface area contributed by atoms with E-state index in [1.165, 1.54) is 0 Å². The Kier molecular flexibility index (Phi) is 4.51. The first-order chi connectivity index (χ1) is 13.0. The van der Waals surface area contributed by atoms with Gasteiger partial charge in [-0.05, 0) is 30.9 Å². The zero-order valence-electron chi connectivity index (χ0n) is 15.9. The average Bonchev–Trinajstić information content (AvgIpc) is 3.41. The van der Waals surface area contributed by atoms with E-state index >= 15 is 0 Å². The Morgan fingerprint density at radius 1 is 1.26 bits per heavy atom. The zero-order valence-corrected chi connectivity index (χ0v) is 15.9. The molecule has 140 valence electrons. The van der Waals surface area contributed by atoms with Crippen LogP contribution in [0.25, 0.3) is 22.0 Å². The van der Waals surface area contributed by atoms with E-state index in [0.717, 1.165) is 47.2 Å². The summed E-state index contributed by atoms with van der Waals surface area (Å²) in [4.78, 5) is 21.0. The summed E-state index contributed by atoms with van der Waals surface area (Å²) in [5.74, 6) is 2.03. The van der Waals surface area contributed by atoms with Gasteiger partial charge in [-0.3, -0.25) is 9.48 Å². The molecule has 0 radical (unpaired) electrons. The first kappa shape index (κ1) is 17.5. The van der Waals surface area contributed by atoms with Crippen LogP contribution >= 0.6 is 0 Å². The van der Waals surface area contributed by atoms with Crippen LogP contribution in [0.4, 0.5) is 11.6 Å². The van der Waals surface area contributed by atoms with Gasteiger partial charge in [0.2, 0.25) is 5.91 Å². The van der Waals surface area contributed by atoms with Gasteiger partial charge in [-0.25, -0.2) is 9.97 Å². The summed E-state index contributed by atoms with van der Waals surface area (Å²) in [6.07, 6.45) is 7.50. The van der Waals surface area contributed by atoms with Crippen LogP contribution in [0.3, 0.4) is 0 Å². The highest BCUT2D eigenvalue weighted by molar-refractivity contribution is 6.03. The number of pyridine rings is 2. The van der Waals surface area contributed by atoms with Gasteiger partial charge >= 0.3 is 0 Å². The van der Waals surface area contributed by atoms with Crippen LogP contribution in [0, 0.1) is 11.8 Å². The van der Waals surface area contributed by atoms with E-state index in [1.54, 1.807) is 6.20 Å². The molecule has 0 atom stereocenters. The van der Waals surface area contributed by atoms with Crippen molar-refractivity contribution in [1.82, 2.24) is 19.7 Å². The summed E-state index contributed by atoms with van der Waals surface area (Å²) in [5, 5.41) is 12.6. The lowest BCUT2D eigenvalue weighted by atomic mass is 10.1. The van der Waals surface area contributed by atoms with Gasteiger partial charge in [0, 0.05) is 54.4 Å². The maximum Gasteiger partial charge on any atom is 0.228 e. The fraction of sp³-hybridized carbons (Fsp3) is 0.400. The number of anilines is 2. The fourth-order valence-corrected chi connectivity index (χ4v) is 3.16. The van der Waals surface area contributed by atoms with Gasteiger partial charge in [0.1, 0.15) is 11.6 Å². The van der Waals surface area contributed by atoms with E-state index in [4.69, 9.17) is 5.10 Å².